The maximum absolute atomic E-state index is 3.97. The highest BCUT2D eigenvalue weighted by atomic mass is 79.9. The first kappa shape index (κ1) is 9.79. The maximum atomic E-state index is 3.97. The molecule has 1 aliphatic rings. The van der Waals surface area contributed by atoms with E-state index in [1.165, 1.54) is 36.8 Å². The molecular weight excluding hydrogens is 212 g/mol. The first-order chi connectivity index (χ1) is 5.84. The average Bonchev–Trinajstić information content (AvgIpc) is 2.46. The van der Waals surface area contributed by atoms with E-state index in [-0.39, 0.29) is 0 Å². The van der Waals surface area contributed by atoms with Gasteiger partial charge in [-0.15, -0.1) is 0 Å². The summed E-state index contributed by atoms with van der Waals surface area (Å²) in [4.78, 5) is 0. The molecule has 0 fully saturated rings. The van der Waals surface area contributed by atoms with Crippen molar-refractivity contribution in [3.05, 3.63) is 36.0 Å². The molecule has 0 aromatic carbocycles. The predicted octanol–water partition coefficient (Wildman–Crippen LogP) is 3.99. The number of rotatable bonds is 5. The van der Waals surface area contributed by atoms with Gasteiger partial charge in [-0.25, -0.2) is 0 Å². The second-order valence-electron chi connectivity index (χ2n) is 3.08. The summed E-state index contributed by atoms with van der Waals surface area (Å²) in [7, 11) is 0. The molecule has 0 amide bonds. The number of allylic oxidation sites excluding steroid dienone is 5. The zero-order valence-electron chi connectivity index (χ0n) is 7.35. The Balaban J connectivity index is 2.12. The second-order valence-corrected chi connectivity index (χ2v) is 3.87. The van der Waals surface area contributed by atoms with Crippen LogP contribution in [0.2, 0.25) is 0 Å². The average molecular weight is 227 g/mol. The minimum atomic E-state index is 1.13. The smallest absolute Gasteiger partial charge is 0.00313 e. The van der Waals surface area contributed by atoms with Crippen molar-refractivity contribution in [3.63, 3.8) is 0 Å². The highest BCUT2D eigenvalue weighted by molar-refractivity contribution is 9.09. The Morgan fingerprint density at radius 1 is 1.25 bits per heavy atom. The molecule has 0 saturated carbocycles. The van der Waals surface area contributed by atoms with Gasteiger partial charge < -0.3 is 0 Å². The zero-order chi connectivity index (χ0) is 8.81. The molecule has 1 heteroatoms. The summed E-state index contributed by atoms with van der Waals surface area (Å²) in [5.74, 6) is 0. The monoisotopic (exact) mass is 226 g/mol. The lowest BCUT2D eigenvalue weighted by Crippen LogP contribution is -1.84. The topological polar surface area (TPSA) is 0 Å². The summed E-state index contributed by atoms with van der Waals surface area (Å²) in [6.45, 7) is 3.97. The molecule has 0 spiro atoms. The van der Waals surface area contributed by atoms with Crippen molar-refractivity contribution in [1.82, 2.24) is 0 Å². The Morgan fingerprint density at radius 2 is 2.08 bits per heavy atom. The van der Waals surface area contributed by atoms with Crippen LogP contribution in [0.3, 0.4) is 0 Å². The van der Waals surface area contributed by atoms with E-state index in [0.717, 1.165) is 5.33 Å². The van der Waals surface area contributed by atoms with Gasteiger partial charge in [0.15, 0.2) is 0 Å². The third-order valence-corrected chi connectivity index (χ3v) is 2.65. The highest BCUT2D eigenvalue weighted by Crippen LogP contribution is 2.21. The third-order valence-electron chi connectivity index (χ3n) is 2.09. The molecule has 0 nitrogen and oxygen atoms in total. The Morgan fingerprint density at radius 3 is 2.67 bits per heavy atom. The van der Waals surface area contributed by atoms with Gasteiger partial charge in [-0.2, -0.15) is 0 Å². The maximum Gasteiger partial charge on any atom is 0.00313 e. The van der Waals surface area contributed by atoms with Gasteiger partial charge in [0.05, 0.1) is 0 Å². The van der Waals surface area contributed by atoms with E-state index in [2.05, 4.69) is 40.7 Å². The number of alkyl halides is 1. The molecule has 0 saturated heterocycles. The quantitative estimate of drug-likeness (QED) is 0.492. The summed E-state index contributed by atoms with van der Waals surface area (Å²) in [6.07, 6.45) is 11.4. The van der Waals surface area contributed by atoms with Gasteiger partial charge in [0.25, 0.3) is 0 Å². The summed E-state index contributed by atoms with van der Waals surface area (Å²) >= 11 is 3.43. The van der Waals surface area contributed by atoms with Gasteiger partial charge in [0, 0.05) is 5.33 Å². The Kier molecular flexibility index (Phi) is 4.37. The number of unbranched alkanes of at least 4 members (excludes halogenated alkanes) is 2. The van der Waals surface area contributed by atoms with Crippen LogP contribution in [0.25, 0.3) is 0 Å². The molecule has 1 rings (SSSR count). The van der Waals surface area contributed by atoms with Crippen LogP contribution in [0.15, 0.2) is 36.0 Å². The van der Waals surface area contributed by atoms with Crippen molar-refractivity contribution in [2.45, 2.75) is 25.7 Å². The van der Waals surface area contributed by atoms with Crippen molar-refractivity contribution in [3.8, 4) is 0 Å². The van der Waals surface area contributed by atoms with Crippen LogP contribution >= 0.6 is 15.9 Å². The Bertz CT molecular complexity index is 211. The normalized spacial score (nSPS) is 15.4. The molecule has 0 radical (unpaired) electrons. The molecule has 0 N–H and O–H groups in total. The van der Waals surface area contributed by atoms with Gasteiger partial charge >= 0.3 is 0 Å². The minimum Gasteiger partial charge on any atom is -0.0928 e. The molecule has 0 aliphatic heterocycles. The predicted molar refractivity (Wildman–Crippen MR) is 58.6 cm³/mol. The summed E-state index contributed by atoms with van der Waals surface area (Å²) in [5, 5.41) is 1.13. The second kappa shape index (κ2) is 5.36. The number of hydrogen-bond acceptors (Lipinski definition) is 0. The van der Waals surface area contributed by atoms with Gasteiger partial charge in [0.2, 0.25) is 0 Å². The Labute approximate surface area is 83.2 Å². The van der Waals surface area contributed by atoms with E-state index < -0.39 is 0 Å². The van der Waals surface area contributed by atoms with E-state index in [0.29, 0.717) is 0 Å². The lowest BCUT2D eigenvalue weighted by atomic mass is 10.0. The third kappa shape index (κ3) is 2.98. The van der Waals surface area contributed by atoms with Crippen molar-refractivity contribution in [2.75, 3.05) is 5.33 Å². The van der Waals surface area contributed by atoms with Crippen molar-refractivity contribution in [1.29, 1.82) is 0 Å². The molecule has 0 aromatic heterocycles. The van der Waals surface area contributed by atoms with Gasteiger partial charge in [-0.3, -0.25) is 0 Å². The van der Waals surface area contributed by atoms with Crippen LogP contribution in [0.4, 0.5) is 0 Å². The van der Waals surface area contributed by atoms with Crippen molar-refractivity contribution < 1.29 is 0 Å². The van der Waals surface area contributed by atoms with Crippen molar-refractivity contribution >= 4 is 15.9 Å². The van der Waals surface area contributed by atoms with E-state index in [4.69, 9.17) is 0 Å². The molecule has 1 aliphatic carbocycles. The lowest BCUT2D eigenvalue weighted by Gasteiger charge is -2.02. The van der Waals surface area contributed by atoms with Crippen molar-refractivity contribution in [2.24, 2.45) is 0 Å². The molecular formula is C11H15Br. The highest BCUT2D eigenvalue weighted by Gasteiger charge is 2.02. The van der Waals surface area contributed by atoms with Gasteiger partial charge in [0.1, 0.15) is 0 Å². The molecule has 0 heterocycles. The summed E-state index contributed by atoms with van der Waals surface area (Å²) in [5.41, 5.74) is 2.62. The van der Waals surface area contributed by atoms with E-state index in [9.17, 15) is 0 Å². The Hall–Kier alpha value is -0.300. The molecule has 12 heavy (non-hydrogen) atoms. The standard InChI is InChI=1S/C11H15Br/c1-10-6-5-8-11(10)7-3-2-4-9-12/h5-6,8H,1-4,7,9H2. The summed E-state index contributed by atoms with van der Waals surface area (Å²) in [6, 6.07) is 0. The number of halogens is 1. The molecule has 0 atom stereocenters. The minimum absolute atomic E-state index is 1.13. The fraction of sp³-hybridized carbons (Fsp3) is 0.455. The van der Waals surface area contributed by atoms with Crippen LogP contribution in [-0.4, -0.2) is 5.33 Å². The molecule has 0 unspecified atom stereocenters. The van der Waals surface area contributed by atoms with Gasteiger partial charge in [-0.05, 0) is 30.4 Å². The first-order valence-electron chi connectivity index (χ1n) is 4.47. The van der Waals surface area contributed by atoms with Crippen LogP contribution in [0, 0.1) is 0 Å². The molecule has 0 aromatic rings. The van der Waals surface area contributed by atoms with Gasteiger partial charge in [-0.1, -0.05) is 47.2 Å². The van der Waals surface area contributed by atoms with E-state index in [1.54, 1.807) is 0 Å². The van der Waals surface area contributed by atoms with E-state index in [1.807, 2.05) is 0 Å². The van der Waals surface area contributed by atoms with Crippen LogP contribution < -0.4 is 0 Å². The largest absolute Gasteiger partial charge is 0.0928 e. The molecule has 66 valence electrons. The SMILES string of the molecule is C=C1C=CC=C1CCCCCBr. The van der Waals surface area contributed by atoms with Crippen LogP contribution in [0.5, 0.6) is 0 Å². The molecule has 0 bridgehead atoms. The zero-order valence-corrected chi connectivity index (χ0v) is 8.94. The van der Waals surface area contributed by atoms with Crippen LogP contribution in [-0.2, 0) is 0 Å². The van der Waals surface area contributed by atoms with Crippen LogP contribution in [0.1, 0.15) is 25.7 Å². The van der Waals surface area contributed by atoms with E-state index >= 15 is 0 Å². The lowest BCUT2D eigenvalue weighted by molar-refractivity contribution is 0.725. The number of hydrogen-bond donors (Lipinski definition) is 0. The fourth-order valence-electron chi connectivity index (χ4n) is 1.33. The summed E-state index contributed by atoms with van der Waals surface area (Å²) < 4.78 is 0. The fourth-order valence-corrected chi connectivity index (χ4v) is 1.72. The first-order valence-corrected chi connectivity index (χ1v) is 5.59.